The van der Waals surface area contributed by atoms with Crippen LogP contribution in [0.5, 0.6) is 0 Å². The topological polar surface area (TPSA) is 26.2 Å². The normalized spacial score (nSPS) is 13.1. The number of hydrogen-bond acceptors (Lipinski definition) is 2. The fourth-order valence-electron chi connectivity index (χ4n) is 3.80. The molecule has 2 aromatic carbocycles. The van der Waals surface area contributed by atoms with Gasteiger partial charge in [-0.25, -0.2) is 0 Å². The van der Waals surface area contributed by atoms with Crippen molar-refractivity contribution in [1.82, 2.24) is 9.88 Å². The number of aryl methyl sites for hydroxylation is 1. The fraction of sp³-hybridized carbons (Fsp3) is 0.379. The van der Waals surface area contributed by atoms with Crippen LogP contribution in [-0.4, -0.2) is 10.9 Å². The van der Waals surface area contributed by atoms with Gasteiger partial charge in [0.2, 0.25) is 0 Å². The number of ether oxygens (including phenoxy) is 1. The van der Waals surface area contributed by atoms with Gasteiger partial charge in [0.25, 0.3) is 0 Å². The molecule has 1 unspecified atom stereocenters. The zero-order valence-corrected chi connectivity index (χ0v) is 21.3. The summed E-state index contributed by atoms with van der Waals surface area (Å²) in [5.41, 5.74) is 4.39. The van der Waals surface area contributed by atoms with Gasteiger partial charge in [-0.05, 0) is 67.7 Å². The van der Waals surface area contributed by atoms with Gasteiger partial charge in [0.1, 0.15) is 5.76 Å². The highest BCUT2D eigenvalue weighted by Gasteiger charge is 2.31. The van der Waals surface area contributed by atoms with E-state index in [1.54, 1.807) is 6.08 Å². The molecule has 0 bridgehead atoms. The minimum atomic E-state index is -4.71. The molecule has 6 heteroatoms. The van der Waals surface area contributed by atoms with Crippen molar-refractivity contribution < 1.29 is 17.9 Å². The number of nitrogens with one attached hydrogen (secondary N) is 1. The minimum absolute atomic E-state index is 0.184. The molecule has 3 rings (SSSR count). The molecule has 0 saturated heterocycles. The van der Waals surface area contributed by atoms with Crippen molar-refractivity contribution in [2.45, 2.75) is 73.0 Å². The summed E-state index contributed by atoms with van der Waals surface area (Å²) in [5, 5.41) is 4.59. The van der Waals surface area contributed by atoms with E-state index in [2.05, 4.69) is 58.8 Å². The second-order valence-corrected chi connectivity index (χ2v) is 7.97. The molecule has 3 aromatic rings. The number of fused-ring (bicyclic) bond motifs is 1. The molecule has 3 nitrogen and oxygen atoms in total. The molecule has 0 radical (unpaired) electrons. The molecule has 0 saturated carbocycles. The van der Waals surface area contributed by atoms with Gasteiger partial charge in [-0.2, -0.15) is 0 Å². The second-order valence-electron chi connectivity index (χ2n) is 7.97. The average Bonchev–Trinajstić information content (AvgIpc) is 3.22. The molecule has 0 aliphatic rings. The summed E-state index contributed by atoms with van der Waals surface area (Å²) in [4.78, 5) is 0. The van der Waals surface area contributed by atoms with Gasteiger partial charge in [-0.1, -0.05) is 63.2 Å². The summed E-state index contributed by atoms with van der Waals surface area (Å²) in [6.45, 7) is 11.5. The van der Waals surface area contributed by atoms with Crippen LogP contribution in [0.4, 0.5) is 13.2 Å². The highest BCUT2D eigenvalue weighted by atomic mass is 19.4. The van der Waals surface area contributed by atoms with E-state index in [0.29, 0.717) is 19.4 Å². The Morgan fingerprint density at radius 2 is 1.80 bits per heavy atom. The van der Waals surface area contributed by atoms with Gasteiger partial charge < -0.3 is 14.6 Å². The highest BCUT2D eigenvalue weighted by Crippen LogP contribution is 2.26. The zero-order valence-electron chi connectivity index (χ0n) is 21.3. The summed E-state index contributed by atoms with van der Waals surface area (Å²) >= 11 is 0. The predicted octanol–water partition coefficient (Wildman–Crippen LogP) is 8.47. The van der Waals surface area contributed by atoms with Crippen LogP contribution in [0, 0.1) is 0 Å². The van der Waals surface area contributed by atoms with Gasteiger partial charge >= 0.3 is 6.36 Å². The van der Waals surface area contributed by atoms with E-state index >= 15 is 0 Å². The number of hydrogen-bond donors (Lipinski definition) is 1. The number of halogens is 3. The Labute approximate surface area is 207 Å². The summed E-state index contributed by atoms with van der Waals surface area (Å²) in [5.74, 6) is -0.184. The molecule has 1 aromatic heterocycles. The summed E-state index contributed by atoms with van der Waals surface area (Å²) in [6.07, 6.45) is 2.81. The van der Waals surface area contributed by atoms with Crippen molar-refractivity contribution in [3.05, 3.63) is 95.4 Å². The minimum Gasteiger partial charge on any atom is -0.406 e. The lowest BCUT2D eigenvalue weighted by Crippen LogP contribution is -2.17. The number of aromatic nitrogens is 1. The SMILES string of the molecule is CC.CC/C=C\C(=C/Cc1cn(CC)c2ccc(CNC(C)c3ccccc3)cc12)OC(F)(F)F. The van der Waals surface area contributed by atoms with Crippen LogP contribution in [0.15, 0.2) is 78.7 Å². The number of allylic oxidation sites excluding steroid dienone is 3. The fourth-order valence-corrected chi connectivity index (χ4v) is 3.80. The summed E-state index contributed by atoms with van der Waals surface area (Å²) in [7, 11) is 0. The second kappa shape index (κ2) is 13.8. The Morgan fingerprint density at radius 3 is 2.43 bits per heavy atom. The van der Waals surface area contributed by atoms with Crippen LogP contribution in [0.3, 0.4) is 0 Å². The summed E-state index contributed by atoms with van der Waals surface area (Å²) in [6, 6.07) is 16.8. The highest BCUT2D eigenvalue weighted by molar-refractivity contribution is 5.85. The first-order valence-electron chi connectivity index (χ1n) is 12.3. The largest absolute Gasteiger partial charge is 0.573 e. The molecule has 0 fully saturated rings. The Bertz CT molecular complexity index is 1100. The summed E-state index contributed by atoms with van der Waals surface area (Å²) < 4.78 is 44.7. The van der Waals surface area contributed by atoms with Crippen molar-refractivity contribution in [2.24, 2.45) is 0 Å². The first-order chi connectivity index (χ1) is 16.8. The monoisotopic (exact) mass is 486 g/mol. The van der Waals surface area contributed by atoms with Crippen LogP contribution >= 0.6 is 0 Å². The lowest BCUT2D eigenvalue weighted by molar-refractivity contribution is -0.303. The third-order valence-corrected chi connectivity index (χ3v) is 5.56. The molecule has 0 spiro atoms. The number of rotatable bonds is 10. The molecule has 1 heterocycles. The van der Waals surface area contributed by atoms with Gasteiger partial charge in [-0.15, -0.1) is 13.2 Å². The van der Waals surface area contributed by atoms with E-state index in [4.69, 9.17) is 0 Å². The van der Waals surface area contributed by atoms with E-state index in [9.17, 15) is 13.2 Å². The Balaban J connectivity index is 0.00000210. The van der Waals surface area contributed by atoms with Crippen LogP contribution in [0.1, 0.15) is 63.8 Å². The van der Waals surface area contributed by atoms with Gasteiger partial charge in [-0.3, -0.25) is 0 Å². The molecular weight excluding hydrogens is 449 g/mol. The van der Waals surface area contributed by atoms with Crippen LogP contribution in [0.25, 0.3) is 10.9 Å². The van der Waals surface area contributed by atoms with E-state index in [-0.39, 0.29) is 11.8 Å². The number of benzene rings is 2. The lowest BCUT2D eigenvalue weighted by atomic mass is 10.1. The van der Waals surface area contributed by atoms with E-state index < -0.39 is 6.36 Å². The quantitative estimate of drug-likeness (QED) is 0.230. The maximum Gasteiger partial charge on any atom is 0.573 e. The van der Waals surface area contributed by atoms with Crippen molar-refractivity contribution >= 4 is 10.9 Å². The third-order valence-electron chi connectivity index (χ3n) is 5.56. The Kier molecular flexibility index (Phi) is 11.1. The first kappa shape index (κ1) is 28.2. The zero-order chi connectivity index (χ0) is 25.8. The van der Waals surface area contributed by atoms with E-state index in [0.717, 1.165) is 28.6 Å². The first-order valence-corrected chi connectivity index (χ1v) is 12.3. The van der Waals surface area contributed by atoms with Crippen molar-refractivity contribution in [2.75, 3.05) is 0 Å². The standard InChI is InChI=1S/C27H31F3N2O.C2H6/c1-4-6-12-24(33-27(28,29)30)15-14-23-19-32(5-2)26-16-13-21(17-25(23)26)18-31-20(3)22-10-8-7-9-11-22;1-2/h6-13,15-17,19-20,31H,4-5,14,18H2,1-3H3;1-2H3/b12-6-,24-15+;. The van der Waals surface area contributed by atoms with Gasteiger partial charge in [0.15, 0.2) is 0 Å². The van der Waals surface area contributed by atoms with Crippen molar-refractivity contribution in [3.63, 3.8) is 0 Å². The van der Waals surface area contributed by atoms with Crippen LogP contribution in [0.2, 0.25) is 0 Å². The average molecular weight is 487 g/mol. The maximum absolute atomic E-state index is 12.8. The molecule has 35 heavy (non-hydrogen) atoms. The molecular formula is C29H37F3N2O. The van der Waals surface area contributed by atoms with E-state index in [1.807, 2.05) is 45.2 Å². The van der Waals surface area contributed by atoms with Crippen molar-refractivity contribution in [1.29, 1.82) is 0 Å². The van der Waals surface area contributed by atoms with Gasteiger partial charge in [0, 0.05) is 36.2 Å². The van der Waals surface area contributed by atoms with Crippen LogP contribution < -0.4 is 5.32 Å². The molecule has 0 amide bonds. The number of alkyl halides is 3. The third kappa shape index (κ3) is 8.62. The van der Waals surface area contributed by atoms with E-state index in [1.165, 1.54) is 17.7 Å². The molecule has 1 atom stereocenters. The molecule has 1 N–H and O–H groups in total. The maximum atomic E-state index is 12.8. The number of nitrogens with zero attached hydrogens (tertiary/aromatic N) is 1. The van der Waals surface area contributed by atoms with Crippen molar-refractivity contribution in [3.8, 4) is 0 Å². The Hall–Kier alpha value is -2.99. The van der Waals surface area contributed by atoms with Gasteiger partial charge in [0.05, 0.1) is 0 Å². The van der Waals surface area contributed by atoms with Crippen LogP contribution in [-0.2, 0) is 24.2 Å². The lowest BCUT2D eigenvalue weighted by Gasteiger charge is -2.14. The molecule has 190 valence electrons. The molecule has 0 aliphatic carbocycles. The molecule has 0 aliphatic heterocycles. The smallest absolute Gasteiger partial charge is 0.406 e. The predicted molar refractivity (Wildman–Crippen MR) is 139 cm³/mol. The Morgan fingerprint density at radius 1 is 1.09 bits per heavy atom.